The van der Waals surface area contributed by atoms with E-state index in [1.165, 1.54) is 13.8 Å². The Kier molecular flexibility index (Phi) is 3.97. The first-order chi connectivity index (χ1) is 6.82. The van der Waals surface area contributed by atoms with Gasteiger partial charge in [0, 0.05) is 3.57 Å². The van der Waals surface area contributed by atoms with E-state index in [0.29, 0.717) is 10.7 Å². The molecular formula is C10H11ClINO2. The van der Waals surface area contributed by atoms with Crippen molar-refractivity contribution in [3.8, 4) is 0 Å². The highest BCUT2D eigenvalue weighted by atomic mass is 127. The minimum absolute atomic E-state index is 0.480. The molecule has 5 heteroatoms. The van der Waals surface area contributed by atoms with Gasteiger partial charge in [0.2, 0.25) is 0 Å². The van der Waals surface area contributed by atoms with Gasteiger partial charge in [-0.15, -0.1) is 0 Å². The molecule has 0 bridgehead atoms. The lowest BCUT2D eigenvalue weighted by atomic mass is 10.1. The minimum Gasteiger partial charge on any atom is -0.381 e. The molecule has 0 saturated carbocycles. The van der Waals surface area contributed by atoms with Crippen LogP contribution in [0.15, 0.2) is 18.2 Å². The maximum Gasteiger partial charge on any atom is 0.255 e. The third-order valence-electron chi connectivity index (χ3n) is 1.76. The van der Waals surface area contributed by atoms with Gasteiger partial charge < -0.3 is 10.4 Å². The molecule has 1 amide bonds. The molecule has 1 aromatic rings. The third-order valence-corrected chi connectivity index (χ3v) is 3.38. The molecule has 0 radical (unpaired) electrons. The average Bonchev–Trinajstić information content (AvgIpc) is 2.11. The van der Waals surface area contributed by atoms with Gasteiger partial charge in [-0.1, -0.05) is 17.7 Å². The summed E-state index contributed by atoms with van der Waals surface area (Å²) in [6.07, 6.45) is 0. The van der Waals surface area contributed by atoms with Crippen molar-refractivity contribution in [2.45, 2.75) is 19.4 Å². The molecule has 0 heterocycles. The van der Waals surface area contributed by atoms with Crippen LogP contribution in [0.4, 0.5) is 5.69 Å². The maximum atomic E-state index is 11.5. The zero-order chi connectivity index (χ0) is 11.6. The number of amides is 1. The summed E-state index contributed by atoms with van der Waals surface area (Å²) >= 11 is 8.06. The van der Waals surface area contributed by atoms with Gasteiger partial charge in [-0.25, -0.2) is 0 Å². The molecule has 2 N–H and O–H groups in total. The Morgan fingerprint density at radius 2 is 2.13 bits per heavy atom. The van der Waals surface area contributed by atoms with E-state index < -0.39 is 11.5 Å². The van der Waals surface area contributed by atoms with Gasteiger partial charge in [0.1, 0.15) is 5.60 Å². The molecule has 0 aliphatic heterocycles. The molecule has 0 atom stereocenters. The fourth-order valence-electron chi connectivity index (χ4n) is 0.876. The number of hydrogen-bond acceptors (Lipinski definition) is 2. The van der Waals surface area contributed by atoms with E-state index in [0.717, 1.165) is 3.57 Å². The zero-order valence-corrected chi connectivity index (χ0v) is 11.3. The lowest BCUT2D eigenvalue weighted by Crippen LogP contribution is -2.36. The van der Waals surface area contributed by atoms with Gasteiger partial charge in [0.15, 0.2) is 0 Å². The molecule has 0 spiro atoms. The first-order valence-corrected chi connectivity index (χ1v) is 5.76. The van der Waals surface area contributed by atoms with E-state index in [9.17, 15) is 9.90 Å². The van der Waals surface area contributed by atoms with Crippen LogP contribution in [-0.2, 0) is 4.79 Å². The minimum atomic E-state index is -1.41. The Labute approximate surface area is 107 Å². The monoisotopic (exact) mass is 339 g/mol. The van der Waals surface area contributed by atoms with Crippen molar-refractivity contribution in [3.63, 3.8) is 0 Å². The van der Waals surface area contributed by atoms with Gasteiger partial charge in [-0.3, -0.25) is 4.79 Å². The van der Waals surface area contributed by atoms with E-state index >= 15 is 0 Å². The van der Waals surface area contributed by atoms with Crippen LogP contribution in [0.1, 0.15) is 13.8 Å². The molecule has 1 rings (SSSR count). The number of aliphatic hydroxyl groups is 1. The van der Waals surface area contributed by atoms with Crippen molar-refractivity contribution in [1.82, 2.24) is 0 Å². The van der Waals surface area contributed by atoms with E-state index in [-0.39, 0.29) is 0 Å². The second kappa shape index (κ2) is 4.67. The molecule has 1 aromatic carbocycles. The molecule has 0 fully saturated rings. The van der Waals surface area contributed by atoms with Crippen molar-refractivity contribution in [2.24, 2.45) is 0 Å². The summed E-state index contributed by atoms with van der Waals surface area (Å²) < 4.78 is 0.850. The van der Waals surface area contributed by atoms with E-state index in [4.69, 9.17) is 11.6 Å². The lowest BCUT2D eigenvalue weighted by Gasteiger charge is -2.17. The SMILES string of the molecule is CC(C)(O)C(=O)Nc1cccc(I)c1Cl. The number of nitrogens with one attached hydrogen (secondary N) is 1. The fourth-order valence-corrected chi connectivity index (χ4v) is 1.55. The van der Waals surface area contributed by atoms with Crippen LogP contribution >= 0.6 is 34.2 Å². The van der Waals surface area contributed by atoms with Crippen LogP contribution in [0.5, 0.6) is 0 Å². The first-order valence-electron chi connectivity index (χ1n) is 4.30. The normalized spacial score (nSPS) is 11.3. The molecule has 0 aliphatic carbocycles. The largest absolute Gasteiger partial charge is 0.381 e. The summed E-state index contributed by atoms with van der Waals surface area (Å²) in [5, 5.41) is 12.5. The van der Waals surface area contributed by atoms with E-state index in [2.05, 4.69) is 27.9 Å². The van der Waals surface area contributed by atoms with Crippen LogP contribution in [0.2, 0.25) is 5.02 Å². The Hall–Kier alpha value is -0.330. The summed E-state index contributed by atoms with van der Waals surface area (Å²) in [5.74, 6) is -0.480. The molecule has 3 nitrogen and oxygen atoms in total. The van der Waals surface area contributed by atoms with E-state index in [1.54, 1.807) is 12.1 Å². The highest BCUT2D eigenvalue weighted by molar-refractivity contribution is 14.1. The third kappa shape index (κ3) is 3.32. The number of hydrogen-bond donors (Lipinski definition) is 2. The van der Waals surface area contributed by atoms with Crippen LogP contribution < -0.4 is 5.32 Å². The van der Waals surface area contributed by atoms with Crippen molar-refractivity contribution >= 4 is 45.8 Å². The molecule has 0 unspecified atom stereocenters. The van der Waals surface area contributed by atoms with Gasteiger partial charge in [0.05, 0.1) is 10.7 Å². The molecule has 0 saturated heterocycles. The number of rotatable bonds is 2. The second-order valence-electron chi connectivity index (χ2n) is 3.61. The summed E-state index contributed by atoms with van der Waals surface area (Å²) in [6, 6.07) is 5.31. The van der Waals surface area contributed by atoms with E-state index in [1.807, 2.05) is 6.07 Å². The lowest BCUT2D eigenvalue weighted by molar-refractivity contribution is -0.130. The number of carbonyl (C=O) groups is 1. The van der Waals surface area contributed by atoms with Crippen molar-refractivity contribution in [3.05, 3.63) is 26.8 Å². The molecule has 15 heavy (non-hydrogen) atoms. The number of benzene rings is 1. The van der Waals surface area contributed by atoms with Crippen molar-refractivity contribution < 1.29 is 9.90 Å². The number of carbonyl (C=O) groups excluding carboxylic acids is 1. The Morgan fingerprint density at radius 3 is 2.67 bits per heavy atom. The smallest absolute Gasteiger partial charge is 0.255 e. The predicted molar refractivity (Wildman–Crippen MR) is 69.1 cm³/mol. The fraction of sp³-hybridized carbons (Fsp3) is 0.300. The molecule has 0 aromatic heterocycles. The number of halogens is 2. The van der Waals surface area contributed by atoms with Crippen molar-refractivity contribution in [1.29, 1.82) is 0 Å². The summed E-state index contributed by atoms with van der Waals surface area (Å²) in [6.45, 7) is 2.84. The Bertz CT molecular complexity index is 387. The zero-order valence-electron chi connectivity index (χ0n) is 8.34. The Balaban J connectivity index is 2.91. The topological polar surface area (TPSA) is 49.3 Å². The number of anilines is 1. The maximum absolute atomic E-state index is 11.5. The Morgan fingerprint density at radius 1 is 1.53 bits per heavy atom. The van der Waals surface area contributed by atoms with Crippen LogP contribution in [0.25, 0.3) is 0 Å². The van der Waals surface area contributed by atoms with Crippen LogP contribution in [-0.4, -0.2) is 16.6 Å². The van der Waals surface area contributed by atoms with Crippen LogP contribution in [0.3, 0.4) is 0 Å². The molecule has 82 valence electrons. The summed E-state index contributed by atoms with van der Waals surface area (Å²) in [4.78, 5) is 11.5. The second-order valence-corrected chi connectivity index (χ2v) is 5.15. The van der Waals surface area contributed by atoms with Gasteiger partial charge in [0.25, 0.3) is 5.91 Å². The molecular weight excluding hydrogens is 328 g/mol. The quantitative estimate of drug-likeness (QED) is 0.814. The summed E-state index contributed by atoms with van der Waals surface area (Å²) in [5.41, 5.74) is -0.902. The average molecular weight is 340 g/mol. The predicted octanol–water partition coefficient (Wildman–Crippen LogP) is 2.65. The standard InChI is InChI=1S/C10H11ClINO2/c1-10(2,15)9(14)13-7-5-3-4-6(12)8(7)11/h3-5,15H,1-2H3,(H,13,14). The highest BCUT2D eigenvalue weighted by Gasteiger charge is 2.24. The first kappa shape index (κ1) is 12.7. The van der Waals surface area contributed by atoms with Gasteiger partial charge in [-0.2, -0.15) is 0 Å². The van der Waals surface area contributed by atoms with Gasteiger partial charge in [-0.05, 0) is 48.6 Å². The van der Waals surface area contributed by atoms with Gasteiger partial charge >= 0.3 is 0 Å². The van der Waals surface area contributed by atoms with Crippen molar-refractivity contribution in [2.75, 3.05) is 5.32 Å². The summed E-state index contributed by atoms with van der Waals surface area (Å²) in [7, 11) is 0. The highest BCUT2D eigenvalue weighted by Crippen LogP contribution is 2.27. The molecule has 0 aliphatic rings. The van der Waals surface area contributed by atoms with Crippen LogP contribution in [0, 0.1) is 3.57 Å².